The SMILES string of the molecule is Cc1ccc(CN(CCCN=C(N)N)CCCN=C(N)N)cc1. The first-order valence-electron chi connectivity index (χ1n) is 7.86. The molecule has 23 heavy (non-hydrogen) atoms. The van der Waals surface area contributed by atoms with Gasteiger partial charge in [0.2, 0.25) is 0 Å². The molecular formula is C16H29N7. The molecule has 0 aliphatic heterocycles. The van der Waals surface area contributed by atoms with Crippen LogP contribution in [0.15, 0.2) is 34.3 Å². The summed E-state index contributed by atoms with van der Waals surface area (Å²) in [7, 11) is 0. The van der Waals surface area contributed by atoms with Gasteiger partial charge in [-0.15, -0.1) is 0 Å². The number of benzene rings is 1. The van der Waals surface area contributed by atoms with Crippen molar-refractivity contribution in [2.24, 2.45) is 32.9 Å². The van der Waals surface area contributed by atoms with Crippen molar-refractivity contribution in [1.29, 1.82) is 0 Å². The zero-order valence-corrected chi connectivity index (χ0v) is 13.9. The molecule has 1 aromatic rings. The Morgan fingerprint density at radius 3 is 1.78 bits per heavy atom. The van der Waals surface area contributed by atoms with Crippen molar-refractivity contribution in [2.75, 3.05) is 26.2 Å². The van der Waals surface area contributed by atoms with Crippen LogP contribution in [-0.4, -0.2) is 43.0 Å². The van der Waals surface area contributed by atoms with E-state index in [0.29, 0.717) is 13.1 Å². The summed E-state index contributed by atoms with van der Waals surface area (Å²) in [4.78, 5) is 10.4. The molecule has 0 spiro atoms. The van der Waals surface area contributed by atoms with Crippen LogP contribution >= 0.6 is 0 Å². The second-order valence-corrected chi connectivity index (χ2v) is 5.58. The first kappa shape index (κ1) is 18.8. The average molecular weight is 319 g/mol. The van der Waals surface area contributed by atoms with E-state index >= 15 is 0 Å². The maximum atomic E-state index is 5.35. The van der Waals surface area contributed by atoms with Gasteiger partial charge in [-0.1, -0.05) is 29.8 Å². The second kappa shape index (κ2) is 10.4. The summed E-state index contributed by atoms with van der Waals surface area (Å²) in [6, 6.07) is 8.58. The third-order valence-corrected chi connectivity index (χ3v) is 3.38. The Morgan fingerprint density at radius 2 is 1.35 bits per heavy atom. The number of guanidine groups is 2. The molecular weight excluding hydrogens is 290 g/mol. The third kappa shape index (κ3) is 9.36. The summed E-state index contributed by atoms with van der Waals surface area (Å²) in [5.74, 6) is 0.283. The molecule has 0 saturated heterocycles. The average Bonchev–Trinajstić information content (AvgIpc) is 2.49. The highest BCUT2D eigenvalue weighted by atomic mass is 15.1. The minimum Gasteiger partial charge on any atom is -0.370 e. The van der Waals surface area contributed by atoms with Crippen molar-refractivity contribution in [1.82, 2.24) is 4.90 Å². The van der Waals surface area contributed by atoms with E-state index in [9.17, 15) is 0 Å². The van der Waals surface area contributed by atoms with Gasteiger partial charge in [0.05, 0.1) is 0 Å². The standard InChI is InChI=1S/C16H29N7/c1-13-4-6-14(7-5-13)12-23(10-2-8-21-15(17)18)11-3-9-22-16(19)20/h4-7H,2-3,8-12H2,1H3,(H4,17,18,21)(H4,19,20,22). The molecule has 0 aromatic heterocycles. The molecule has 0 saturated carbocycles. The van der Waals surface area contributed by atoms with E-state index in [1.165, 1.54) is 11.1 Å². The van der Waals surface area contributed by atoms with Gasteiger partial charge in [0.15, 0.2) is 11.9 Å². The van der Waals surface area contributed by atoms with Gasteiger partial charge >= 0.3 is 0 Å². The minimum absolute atomic E-state index is 0.142. The number of hydrogen-bond donors (Lipinski definition) is 4. The summed E-state index contributed by atoms with van der Waals surface area (Å²) in [5, 5.41) is 0. The van der Waals surface area contributed by atoms with Crippen LogP contribution < -0.4 is 22.9 Å². The monoisotopic (exact) mass is 319 g/mol. The molecule has 0 bridgehead atoms. The van der Waals surface area contributed by atoms with Crippen molar-refractivity contribution in [3.63, 3.8) is 0 Å². The molecule has 1 rings (SSSR count). The first-order chi connectivity index (χ1) is 11.0. The van der Waals surface area contributed by atoms with Gasteiger partial charge in [-0.3, -0.25) is 14.9 Å². The predicted molar refractivity (Wildman–Crippen MR) is 97.0 cm³/mol. The molecule has 0 heterocycles. The van der Waals surface area contributed by atoms with Gasteiger partial charge in [0, 0.05) is 32.7 Å². The number of rotatable bonds is 10. The zero-order valence-electron chi connectivity index (χ0n) is 13.9. The van der Waals surface area contributed by atoms with Gasteiger partial charge in [0.25, 0.3) is 0 Å². The number of nitrogens with two attached hydrogens (primary N) is 4. The summed E-state index contributed by atoms with van der Waals surface area (Å²) in [6.45, 7) is 6.11. The lowest BCUT2D eigenvalue weighted by Gasteiger charge is -2.22. The largest absolute Gasteiger partial charge is 0.370 e. The van der Waals surface area contributed by atoms with Gasteiger partial charge in [-0.05, 0) is 25.3 Å². The highest BCUT2D eigenvalue weighted by Gasteiger charge is 2.06. The highest BCUT2D eigenvalue weighted by Crippen LogP contribution is 2.08. The van der Waals surface area contributed by atoms with Crippen molar-refractivity contribution in [2.45, 2.75) is 26.3 Å². The molecule has 1 aromatic carbocycles. The van der Waals surface area contributed by atoms with Crippen molar-refractivity contribution in [3.8, 4) is 0 Å². The van der Waals surface area contributed by atoms with Crippen LogP contribution in [-0.2, 0) is 6.54 Å². The van der Waals surface area contributed by atoms with E-state index in [0.717, 1.165) is 32.5 Å². The van der Waals surface area contributed by atoms with Crippen molar-refractivity contribution < 1.29 is 0 Å². The van der Waals surface area contributed by atoms with E-state index in [-0.39, 0.29) is 11.9 Å². The van der Waals surface area contributed by atoms with Crippen LogP contribution in [0.5, 0.6) is 0 Å². The molecule has 0 radical (unpaired) electrons. The molecule has 0 aliphatic carbocycles. The van der Waals surface area contributed by atoms with E-state index in [2.05, 4.69) is 46.1 Å². The maximum absolute atomic E-state index is 5.35. The molecule has 0 atom stereocenters. The Morgan fingerprint density at radius 1 is 0.870 bits per heavy atom. The lowest BCUT2D eigenvalue weighted by Crippen LogP contribution is -2.28. The van der Waals surface area contributed by atoms with E-state index in [1.807, 2.05) is 0 Å². The van der Waals surface area contributed by atoms with Crippen LogP contribution in [0.2, 0.25) is 0 Å². The molecule has 0 amide bonds. The molecule has 0 aliphatic rings. The summed E-state index contributed by atoms with van der Waals surface area (Å²) >= 11 is 0. The summed E-state index contributed by atoms with van der Waals surface area (Å²) in [5.41, 5.74) is 24.0. The Hall–Kier alpha value is -2.28. The fraction of sp³-hybridized carbons (Fsp3) is 0.500. The summed E-state index contributed by atoms with van der Waals surface area (Å²) in [6.07, 6.45) is 1.82. The molecule has 128 valence electrons. The highest BCUT2D eigenvalue weighted by molar-refractivity contribution is 5.75. The van der Waals surface area contributed by atoms with Crippen molar-refractivity contribution >= 4 is 11.9 Å². The van der Waals surface area contributed by atoms with E-state index in [1.54, 1.807) is 0 Å². The lowest BCUT2D eigenvalue weighted by molar-refractivity contribution is 0.262. The number of aryl methyl sites for hydroxylation is 1. The lowest BCUT2D eigenvalue weighted by atomic mass is 10.1. The van der Waals surface area contributed by atoms with Gasteiger partial charge < -0.3 is 22.9 Å². The Bertz CT molecular complexity index is 476. The second-order valence-electron chi connectivity index (χ2n) is 5.58. The fourth-order valence-corrected chi connectivity index (χ4v) is 2.23. The number of aliphatic imine (C=N–C) groups is 2. The van der Waals surface area contributed by atoms with Gasteiger partial charge in [-0.25, -0.2) is 0 Å². The third-order valence-electron chi connectivity index (χ3n) is 3.38. The van der Waals surface area contributed by atoms with Crippen LogP contribution in [0.1, 0.15) is 24.0 Å². The quantitative estimate of drug-likeness (QED) is 0.276. The number of nitrogens with zero attached hydrogens (tertiary/aromatic N) is 3. The Kier molecular flexibility index (Phi) is 8.52. The topological polar surface area (TPSA) is 132 Å². The fourth-order valence-electron chi connectivity index (χ4n) is 2.23. The maximum Gasteiger partial charge on any atom is 0.185 e. The Balaban J connectivity index is 2.50. The van der Waals surface area contributed by atoms with E-state index < -0.39 is 0 Å². The molecule has 7 nitrogen and oxygen atoms in total. The van der Waals surface area contributed by atoms with Crippen LogP contribution in [0.3, 0.4) is 0 Å². The molecule has 0 fully saturated rings. The van der Waals surface area contributed by atoms with Gasteiger partial charge in [-0.2, -0.15) is 0 Å². The minimum atomic E-state index is 0.142. The molecule has 7 heteroatoms. The number of hydrogen-bond acceptors (Lipinski definition) is 3. The summed E-state index contributed by atoms with van der Waals surface area (Å²) < 4.78 is 0. The smallest absolute Gasteiger partial charge is 0.185 e. The van der Waals surface area contributed by atoms with Crippen molar-refractivity contribution in [3.05, 3.63) is 35.4 Å². The molecule has 8 N–H and O–H groups in total. The van der Waals surface area contributed by atoms with Gasteiger partial charge in [0.1, 0.15) is 0 Å². The predicted octanol–water partition coefficient (Wildman–Crippen LogP) is 0.124. The molecule has 0 unspecified atom stereocenters. The normalized spacial score (nSPS) is 10.5. The zero-order chi connectivity index (χ0) is 17.1. The Labute approximate surface area is 138 Å². The van der Waals surface area contributed by atoms with Crippen LogP contribution in [0.4, 0.5) is 0 Å². The van der Waals surface area contributed by atoms with E-state index in [4.69, 9.17) is 22.9 Å². The van der Waals surface area contributed by atoms with Crippen LogP contribution in [0.25, 0.3) is 0 Å². The first-order valence-corrected chi connectivity index (χ1v) is 7.86. The van der Waals surface area contributed by atoms with Crippen LogP contribution in [0, 0.1) is 6.92 Å².